The van der Waals surface area contributed by atoms with E-state index >= 15 is 0 Å². The van der Waals surface area contributed by atoms with Gasteiger partial charge in [0.15, 0.2) is 5.78 Å². The second kappa shape index (κ2) is 5.90. The number of carbonyl (C=O) groups excluding carboxylic acids is 1. The monoisotopic (exact) mass is 258 g/mol. The van der Waals surface area contributed by atoms with Gasteiger partial charge in [-0.1, -0.05) is 38.2 Å². The van der Waals surface area contributed by atoms with Crippen molar-refractivity contribution in [1.29, 1.82) is 0 Å². The third-order valence-corrected chi connectivity index (χ3v) is 4.84. The standard InChI is InChI=1S/C18H26O/c1-12-10-13(2)15(4)18(14(12)3)17(19)11-16-8-6-5-7-9-16/h10,16H,5-9,11H2,1-4H3. The highest BCUT2D eigenvalue weighted by atomic mass is 16.1. The van der Waals surface area contributed by atoms with Gasteiger partial charge in [0.1, 0.15) is 0 Å². The Balaban J connectivity index is 2.23. The van der Waals surface area contributed by atoms with Gasteiger partial charge in [-0.2, -0.15) is 0 Å². The minimum absolute atomic E-state index is 0.369. The number of aryl methyl sites for hydroxylation is 2. The summed E-state index contributed by atoms with van der Waals surface area (Å²) in [6.07, 6.45) is 7.21. The van der Waals surface area contributed by atoms with Crippen molar-refractivity contribution in [2.24, 2.45) is 5.92 Å². The predicted octanol–water partition coefficient (Wildman–Crippen LogP) is 5.07. The number of rotatable bonds is 3. The van der Waals surface area contributed by atoms with E-state index in [1.54, 1.807) is 0 Å². The summed E-state index contributed by atoms with van der Waals surface area (Å²) in [6.45, 7) is 8.41. The zero-order valence-electron chi connectivity index (χ0n) is 12.8. The smallest absolute Gasteiger partial charge is 0.163 e. The lowest BCUT2D eigenvalue weighted by Gasteiger charge is -2.22. The summed E-state index contributed by atoms with van der Waals surface area (Å²) in [7, 11) is 0. The Bertz CT molecular complexity index is 453. The van der Waals surface area contributed by atoms with Crippen molar-refractivity contribution in [2.45, 2.75) is 66.2 Å². The first-order valence-electron chi connectivity index (χ1n) is 7.61. The Morgan fingerprint density at radius 3 is 2.05 bits per heavy atom. The van der Waals surface area contributed by atoms with Gasteiger partial charge in [0.2, 0.25) is 0 Å². The number of carbonyl (C=O) groups is 1. The molecule has 1 aromatic carbocycles. The molecular weight excluding hydrogens is 232 g/mol. The Labute approximate surface area is 117 Å². The van der Waals surface area contributed by atoms with Crippen LogP contribution in [0.1, 0.15) is 71.1 Å². The summed E-state index contributed by atoms with van der Waals surface area (Å²) in [5.74, 6) is 0.995. The zero-order chi connectivity index (χ0) is 14.0. The lowest BCUT2D eigenvalue weighted by molar-refractivity contribution is 0.0949. The normalized spacial score (nSPS) is 16.6. The molecular formula is C18H26O. The molecule has 1 aromatic rings. The van der Waals surface area contributed by atoms with Gasteiger partial charge in [-0.05, 0) is 55.9 Å². The molecule has 0 amide bonds. The minimum atomic E-state index is 0.369. The number of hydrogen-bond acceptors (Lipinski definition) is 1. The van der Waals surface area contributed by atoms with Gasteiger partial charge in [0.05, 0.1) is 0 Å². The van der Waals surface area contributed by atoms with E-state index in [1.807, 2.05) is 0 Å². The fourth-order valence-corrected chi connectivity index (χ4v) is 3.39. The summed E-state index contributed by atoms with van der Waals surface area (Å²) < 4.78 is 0. The predicted molar refractivity (Wildman–Crippen MR) is 80.9 cm³/mol. The molecule has 0 atom stereocenters. The van der Waals surface area contributed by atoms with Crippen LogP contribution in [-0.2, 0) is 0 Å². The molecule has 0 unspecified atom stereocenters. The average Bonchev–Trinajstić information content (AvgIpc) is 2.38. The molecule has 1 fully saturated rings. The Morgan fingerprint density at radius 1 is 1.00 bits per heavy atom. The van der Waals surface area contributed by atoms with E-state index in [-0.39, 0.29) is 0 Å². The summed E-state index contributed by atoms with van der Waals surface area (Å²) in [5, 5.41) is 0. The zero-order valence-corrected chi connectivity index (χ0v) is 12.8. The van der Waals surface area contributed by atoms with Crippen LogP contribution in [0.3, 0.4) is 0 Å². The van der Waals surface area contributed by atoms with Gasteiger partial charge in [0, 0.05) is 12.0 Å². The molecule has 1 aliphatic rings. The molecule has 0 aromatic heterocycles. The fraction of sp³-hybridized carbons (Fsp3) is 0.611. The van der Waals surface area contributed by atoms with Crippen LogP contribution in [0.5, 0.6) is 0 Å². The highest BCUT2D eigenvalue weighted by molar-refractivity contribution is 5.99. The van der Waals surface area contributed by atoms with E-state index in [1.165, 1.54) is 54.4 Å². The van der Waals surface area contributed by atoms with Crippen molar-refractivity contribution in [1.82, 2.24) is 0 Å². The van der Waals surface area contributed by atoms with Gasteiger partial charge in [-0.15, -0.1) is 0 Å². The summed E-state index contributed by atoms with van der Waals surface area (Å²) >= 11 is 0. The largest absolute Gasteiger partial charge is 0.294 e. The molecule has 0 saturated heterocycles. The van der Waals surface area contributed by atoms with Crippen molar-refractivity contribution in [2.75, 3.05) is 0 Å². The third-order valence-electron chi connectivity index (χ3n) is 4.84. The van der Waals surface area contributed by atoms with E-state index < -0.39 is 0 Å². The first kappa shape index (κ1) is 14.3. The summed E-state index contributed by atoms with van der Waals surface area (Å²) in [4.78, 5) is 12.7. The third kappa shape index (κ3) is 3.08. The molecule has 19 heavy (non-hydrogen) atoms. The van der Waals surface area contributed by atoms with Crippen LogP contribution in [-0.4, -0.2) is 5.78 Å². The highest BCUT2D eigenvalue weighted by Crippen LogP contribution is 2.30. The van der Waals surface area contributed by atoms with Gasteiger partial charge in [-0.25, -0.2) is 0 Å². The van der Waals surface area contributed by atoms with Crippen molar-refractivity contribution in [3.63, 3.8) is 0 Å². The SMILES string of the molecule is Cc1cc(C)c(C)c(C(=O)CC2CCCCC2)c1C. The van der Waals surface area contributed by atoms with Crippen LogP contribution in [0.2, 0.25) is 0 Å². The molecule has 1 heteroatoms. The fourth-order valence-electron chi connectivity index (χ4n) is 3.39. The number of benzene rings is 1. The summed E-state index contributed by atoms with van der Waals surface area (Å²) in [5.41, 5.74) is 5.86. The van der Waals surface area contributed by atoms with E-state index in [0.29, 0.717) is 11.7 Å². The molecule has 104 valence electrons. The van der Waals surface area contributed by atoms with Crippen LogP contribution in [0.4, 0.5) is 0 Å². The average molecular weight is 258 g/mol. The van der Waals surface area contributed by atoms with Crippen molar-refractivity contribution >= 4 is 5.78 Å². The maximum absolute atomic E-state index is 12.7. The number of Topliss-reactive ketones (excluding diaryl/α,β-unsaturated/α-hetero) is 1. The van der Waals surface area contributed by atoms with Crippen LogP contribution in [0, 0.1) is 33.6 Å². The second-order valence-electron chi connectivity index (χ2n) is 6.27. The van der Waals surface area contributed by atoms with E-state index in [0.717, 1.165) is 12.0 Å². The van der Waals surface area contributed by atoms with Crippen LogP contribution < -0.4 is 0 Å². The Morgan fingerprint density at radius 2 is 1.53 bits per heavy atom. The van der Waals surface area contributed by atoms with E-state index in [2.05, 4.69) is 33.8 Å². The van der Waals surface area contributed by atoms with Crippen LogP contribution in [0.15, 0.2) is 6.07 Å². The first-order valence-corrected chi connectivity index (χ1v) is 7.61. The molecule has 1 aliphatic carbocycles. The first-order chi connectivity index (χ1) is 9.00. The van der Waals surface area contributed by atoms with Crippen LogP contribution in [0.25, 0.3) is 0 Å². The summed E-state index contributed by atoms with van der Waals surface area (Å²) in [6, 6.07) is 2.20. The number of ketones is 1. The van der Waals surface area contributed by atoms with E-state index in [4.69, 9.17) is 0 Å². The molecule has 0 heterocycles. The van der Waals surface area contributed by atoms with Crippen molar-refractivity contribution < 1.29 is 4.79 Å². The second-order valence-corrected chi connectivity index (χ2v) is 6.27. The lowest BCUT2D eigenvalue weighted by Crippen LogP contribution is -2.15. The molecule has 0 radical (unpaired) electrons. The minimum Gasteiger partial charge on any atom is -0.294 e. The maximum Gasteiger partial charge on any atom is 0.163 e. The van der Waals surface area contributed by atoms with Gasteiger partial charge >= 0.3 is 0 Å². The van der Waals surface area contributed by atoms with E-state index in [9.17, 15) is 4.79 Å². The Kier molecular flexibility index (Phi) is 4.44. The molecule has 2 rings (SSSR count). The van der Waals surface area contributed by atoms with Crippen LogP contribution >= 0.6 is 0 Å². The molecule has 1 nitrogen and oxygen atoms in total. The van der Waals surface area contributed by atoms with Crippen molar-refractivity contribution in [3.05, 3.63) is 33.9 Å². The molecule has 0 N–H and O–H groups in total. The highest BCUT2D eigenvalue weighted by Gasteiger charge is 2.21. The lowest BCUT2D eigenvalue weighted by atomic mass is 9.82. The molecule has 1 saturated carbocycles. The topological polar surface area (TPSA) is 17.1 Å². The quantitative estimate of drug-likeness (QED) is 0.691. The Hall–Kier alpha value is -1.11. The molecule has 0 aliphatic heterocycles. The molecule has 0 bridgehead atoms. The van der Waals surface area contributed by atoms with Crippen molar-refractivity contribution in [3.8, 4) is 0 Å². The van der Waals surface area contributed by atoms with Gasteiger partial charge in [0.25, 0.3) is 0 Å². The van der Waals surface area contributed by atoms with Gasteiger partial charge in [-0.3, -0.25) is 4.79 Å². The number of hydrogen-bond donors (Lipinski definition) is 0. The maximum atomic E-state index is 12.7. The van der Waals surface area contributed by atoms with Gasteiger partial charge < -0.3 is 0 Å². The molecule has 0 spiro atoms.